The number of carbonyl (C=O) groups is 2. The summed E-state index contributed by atoms with van der Waals surface area (Å²) >= 11 is 6.02. The van der Waals surface area contributed by atoms with Gasteiger partial charge in [-0.1, -0.05) is 75.9 Å². The summed E-state index contributed by atoms with van der Waals surface area (Å²) < 4.78 is 5.81. The maximum Gasteiger partial charge on any atom is 0.261 e. The van der Waals surface area contributed by atoms with Crippen LogP contribution in [0.2, 0.25) is 5.02 Å². The Morgan fingerprint density at radius 3 is 2.24 bits per heavy atom. The van der Waals surface area contributed by atoms with E-state index in [1.165, 1.54) is 12.0 Å². The van der Waals surface area contributed by atoms with Gasteiger partial charge in [-0.15, -0.1) is 0 Å². The largest absolute Gasteiger partial charge is 0.484 e. The van der Waals surface area contributed by atoms with E-state index in [-0.39, 0.29) is 29.9 Å². The van der Waals surface area contributed by atoms with Crippen LogP contribution >= 0.6 is 11.6 Å². The predicted octanol–water partition coefficient (Wildman–Crippen LogP) is 5.88. The van der Waals surface area contributed by atoms with Crippen molar-refractivity contribution in [3.05, 3.63) is 64.7 Å². The zero-order valence-corrected chi connectivity index (χ0v) is 21.5. The zero-order chi connectivity index (χ0) is 24.7. The Hall–Kier alpha value is -2.53. The number of amides is 2. The normalized spacial score (nSPS) is 15.4. The Labute approximate surface area is 208 Å². The summed E-state index contributed by atoms with van der Waals surface area (Å²) in [6.07, 6.45) is 5.48. The number of benzene rings is 2. The van der Waals surface area contributed by atoms with E-state index in [9.17, 15) is 9.59 Å². The van der Waals surface area contributed by atoms with Gasteiger partial charge in [0.05, 0.1) is 0 Å². The smallest absolute Gasteiger partial charge is 0.261 e. The average Bonchev–Trinajstić information content (AvgIpc) is 2.82. The molecule has 0 heterocycles. The van der Waals surface area contributed by atoms with E-state index in [1.807, 2.05) is 36.4 Å². The number of rotatable bonds is 8. The van der Waals surface area contributed by atoms with Crippen LogP contribution in [0.1, 0.15) is 70.9 Å². The first-order valence-electron chi connectivity index (χ1n) is 12.2. The van der Waals surface area contributed by atoms with E-state index in [1.54, 1.807) is 24.0 Å². The molecule has 1 saturated carbocycles. The molecule has 0 bridgehead atoms. The number of nitrogens with zero attached hydrogens (tertiary/aromatic N) is 1. The van der Waals surface area contributed by atoms with Gasteiger partial charge in [-0.2, -0.15) is 0 Å². The van der Waals surface area contributed by atoms with Gasteiger partial charge in [-0.3, -0.25) is 9.59 Å². The van der Waals surface area contributed by atoms with E-state index in [0.717, 1.165) is 31.2 Å². The van der Waals surface area contributed by atoms with Crippen LogP contribution in [0, 0.1) is 0 Å². The quantitative estimate of drug-likeness (QED) is 0.508. The fraction of sp³-hybridized carbons (Fsp3) is 0.500. The molecule has 6 heteroatoms. The second-order valence-corrected chi connectivity index (χ2v) is 10.7. The average molecular weight is 485 g/mol. The molecule has 34 heavy (non-hydrogen) atoms. The minimum atomic E-state index is -0.614. The standard InChI is InChI=1S/C28H37ClN2O3/c1-20(27(33)30-24-8-6-5-7-9-24)31(18-21-10-14-23(29)15-11-21)26(32)19-34-25-16-12-22(13-17-25)28(2,3)4/h10-17,20,24H,5-9,18-19H2,1-4H3,(H,30,33). The van der Waals surface area contributed by atoms with Gasteiger partial charge in [-0.25, -0.2) is 0 Å². The van der Waals surface area contributed by atoms with E-state index in [0.29, 0.717) is 17.3 Å². The lowest BCUT2D eigenvalue weighted by molar-refractivity contribution is -0.142. The van der Waals surface area contributed by atoms with Crippen molar-refractivity contribution in [2.45, 2.75) is 83.8 Å². The highest BCUT2D eigenvalue weighted by molar-refractivity contribution is 6.30. The molecule has 1 N–H and O–H groups in total. The first-order valence-corrected chi connectivity index (χ1v) is 12.6. The van der Waals surface area contributed by atoms with Gasteiger partial charge in [0, 0.05) is 17.6 Å². The molecule has 0 saturated heterocycles. The van der Waals surface area contributed by atoms with E-state index >= 15 is 0 Å². The Bertz CT molecular complexity index is 945. The van der Waals surface area contributed by atoms with Crippen LogP contribution in [-0.4, -0.2) is 35.4 Å². The van der Waals surface area contributed by atoms with Gasteiger partial charge in [-0.05, 0) is 60.6 Å². The number of hydrogen-bond acceptors (Lipinski definition) is 3. The summed E-state index contributed by atoms with van der Waals surface area (Å²) in [4.78, 5) is 27.9. The van der Waals surface area contributed by atoms with Gasteiger partial charge >= 0.3 is 0 Å². The lowest BCUT2D eigenvalue weighted by Gasteiger charge is -2.31. The van der Waals surface area contributed by atoms with Gasteiger partial charge in [0.15, 0.2) is 6.61 Å². The number of carbonyl (C=O) groups excluding carboxylic acids is 2. The first-order chi connectivity index (χ1) is 16.1. The highest BCUT2D eigenvalue weighted by Crippen LogP contribution is 2.24. The third-order valence-corrected chi connectivity index (χ3v) is 6.72. The molecular weight excluding hydrogens is 448 g/mol. The lowest BCUT2D eigenvalue weighted by atomic mass is 9.87. The molecule has 184 valence electrons. The SMILES string of the molecule is CC(C(=O)NC1CCCCC1)N(Cc1ccc(Cl)cc1)C(=O)COc1ccc(C(C)(C)C)cc1. The topological polar surface area (TPSA) is 58.6 Å². The van der Waals surface area contributed by atoms with Crippen LogP contribution < -0.4 is 10.1 Å². The Morgan fingerprint density at radius 2 is 1.65 bits per heavy atom. The molecule has 3 rings (SSSR count). The van der Waals surface area contributed by atoms with Crippen molar-refractivity contribution >= 4 is 23.4 Å². The number of nitrogens with one attached hydrogen (secondary N) is 1. The number of halogens is 1. The van der Waals surface area contributed by atoms with Crippen molar-refractivity contribution in [2.75, 3.05) is 6.61 Å². The summed E-state index contributed by atoms with van der Waals surface area (Å²) in [6, 6.07) is 14.7. The zero-order valence-electron chi connectivity index (χ0n) is 20.8. The van der Waals surface area contributed by atoms with Gasteiger partial charge in [0.25, 0.3) is 5.91 Å². The number of hydrogen-bond donors (Lipinski definition) is 1. The van der Waals surface area contributed by atoms with Crippen LogP contribution in [0.5, 0.6) is 5.75 Å². The monoisotopic (exact) mass is 484 g/mol. The third-order valence-electron chi connectivity index (χ3n) is 6.47. The Balaban J connectivity index is 1.69. The molecule has 0 spiro atoms. The predicted molar refractivity (Wildman–Crippen MR) is 137 cm³/mol. The van der Waals surface area contributed by atoms with Crippen molar-refractivity contribution in [2.24, 2.45) is 0 Å². The molecule has 0 aromatic heterocycles. The van der Waals surface area contributed by atoms with E-state index < -0.39 is 6.04 Å². The van der Waals surface area contributed by atoms with Crippen LogP contribution in [0.15, 0.2) is 48.5 Å². The van der Waals surface area contributed by atoms with Crippen molar-refractivity contribution in [1.82, 2.24) is 10.2 Å². The molecule has 2 aromatic rings. The van der Waals surface area contributed by atoms with Crippen molar-refractivity contribution in [3.63, 3.8) is 0 Å². The highest BCUT2D eigenvalue weighted by atomic mass is 35.5. The van der Waals surface area contributed by atoms with Crippen LogP contribution in [-0.2, 0) is 21.5 Å². The fourth-order valence-corrected chi connectivity index (χ4v) is 4.34. The van der Waals surface area contributed by atoms with Crippen LogP contribution in [0.25, 0.3) is 0 Å². The molecule has 2 aromatic carbocycles. The summed E-state index contributed by atoms with van der Waals surface area (Å²) in [5.41, 5.74) is 2.15. The summed E-state index contributed by atoms with van der Waals surface area (Å²) in [7, 11) is 0. The van der Waals surface area contributed by atoms with Crippen molar-refractivity contribution < 1.29 is 14.3 Å². The second kappa shape index (κ2) is 11.7. The molecule has 2 amide bonds. The molecule has 1 fully saturated rings. The van der Waals surface area contributed by atoms with Gasteiger partial charge < -0.3 is 15.0 Å². The summed E-state index contributed by atoms with van der Waals surface area (Å²) in [5, 5.41) is 3.78. The lowest BCUT2D eigenvalue weighted by Crippen LogP contribution is -2.51. The van der Waals surface area contributed by atoms with Gasteiger partial charge in [0.2, 0.25) is 5.91 Å². The highest BCUT2D eigenvalue weighted by Gasteiger charge is 2.28. The number of ether oxygens (including phenoxy) is 1. The van der Waals surface area contributed by atoms with Crippen LogP contribution in [0.4, 0.5) is 0 Å². The third kappa shape index (κ3) is 7.49. The van der Waals surface area contributed by atoms with Crippen molar-refractivity contribution in [1.29, 1.82) is 0 Å². The molecule has 1 aliphatic carbocycles. The summed E-state index contributed by atoms with van der Waals surface area (Å²) in [6.45, 7) is 8.41. The molecule has 5 nitrogen and oxygen atoms in total. The van der Waals surface area contributed by atoms with E-state index in [2.05, 4.69) is 26.1 Å². The minimum absolute atomic E-state index is 0.0465. The minimum Gasteiger partial charge on any atom is -0.484 e. The fourth-order valence-electron chi connectivity index (χ4n) is 4.22. The molecular formula is C28H37ClN2O3. The molecule has 1 aliphatic rings. The van der Waals surface area contributed by atoms with Gasteiger partial charge in [0.1, 0.15) is 11.8 Å². The molecule has 1 atom stereocenters. The molecule has 0 aliphatic heterocycles. The Morgan fingerprint density at radius 1 is 1.03 bits per heavy atom. The van der Waals surface area contributed by atoms with Crippen LogP contribution in [0.3, 0.4) is 0 Å². The first kappa shape index (κ1) is 26.1. The molecule has 1 unspecified atom stereocenters. The maximum absolute atomic E-state index is 13.2. The second-order valence-electron chi connectivity index (χ2n) is 10.2. The van der Waals surface area contributed by atoms with E-state index in [4.69, 9.17) is 16.3 Å². The summed E-state index contributed by atoms with van der Waals surface area (Å²) in [5.74, 6) is 0.275. The Kier molecular flexibility index (Phi) is 9.01. The molecule has 0 radical (unpaired) electrons. The van der Waals surface area contributed by atoms with Crippen molar-refractivity contribution in [3.8, 4) is 5.75 Å². The maximum atomic E-state index is 13.2.